The zero-order valence-electron chi connectivity index (χ0n) is 30.3. The maximum Gasteiger partial charge on any atom is 0.313 e. The van der Waals surface area contributed by atoms with Crippen LogP contribution < -0.4 is 15.1 Å². The fourth-order valence-electron chi connectivity index (χ4n) is 8.10. The molecule has 8 atom stereocenters. The quantitative estimate of drug-likeness (QED) is 0.124. The summed E-state index contributed by atoms with van der Waals surface area (Å²) < 4.78 is 12.9. The Morgan fingerprint density at radius 2 is 1.75 bits per heavy atom. The molecule has 5 rings (SSSR count). The second kappa shape index (κ2) is 17.2. The molecule has 0 aromatic heterocycles. The van der Waals surface area contributed by atoms with Crippen molar-refractivity contribution < 1.29 is 33.8 Å². The predicted molar refractivity (Wildman–Crippen MR) is 204 cm³/mol. The Hall–Kier alpha value is -4.00. The average Bonchev–Trinajstić information content (AvgIpc) is 3.76. The molecule has 52 heavy (non-hydrogen) atoms. The number of aliphatic hydroxyl groups is 1. The van der Waals surface area contributed by atoms with Crippen molar-refractivity contribution in [3.05, 3.63) is 85.5 Å². The number of fused-ring (bicyclic) bond motifs is 1. The number of alkyl halides is 1. The highest BCUT2D eigenvalue weighted by molar-refractivity contribution is 9.09. The largest absolute Gasteiger partial charge is 0.455 e. The topological polar surface area (TPSA) is 129 Å². The van der Waals surface area contributed by atoms with Crippen LogP contribution in [0.25, 0.3) is 0 Å². The molecule has 1 spiro atoms. The Morgan fingerprint density at radius 1 is 1.08 bits per heavy atom. The van der Waals surface area contributed by atoms with E-state index in [2.05, 4.69) is 53.2 Å². The molecule has 3 aliphatic heterocycles. The van der Waals surface area contributed by atoms with Gasteiger partial charge in [0.15, 0.2) is 0 Å². The number of aliphatic hydroxyl groups excluding tert-OH is 1. The molecule has 0 saturated carbocycles. The van der Waals surface area contributed by atoms with Crippen LogP contribution in [-0.2, 0) is 28.7 Å². The SMILES string of the molecule is C=CCCC(=O)NC[C@H](OC(=O)[C@H]1[C@@H]2O[C@@]3(CC2Br)[C@@H]1C(=O)N([C@@H](CC)CO)[C@@H]3C(=O)N(CC=C)c1ccc(N(CC)CC)cc1)c1ccccc1. The first-order valence-corrected chi connectivity index (χ1v) is 19.2. The van der Waals surface area contributed by atoms with E-state index < -0.39 is 53.6 Å². The maximum atomic E-state index is 15.0. The number of esters is 1. The van der Waals surface area contributed by atoms with Gasteiger partial charge in [-0.3, -0.25) is 19.2 Å². The van der Waals surface area contributed by atoms with E-state index in [0.717, 1.165) is 18.8 Å². The summed E-state index contributed by atoms with van der Waals surface area (Å²) in [7, 11) is 0. The van der Waals surface area contributed by atoms with E-state index in [1.54, 1.807) is 17.1 Å². The molecule has 3 amide bonds. The van der Waals surface area contributed by atoms with Crippen LogP contribution in [0, 0.1) is 11.8 Å². The van der Waals surface area contributed by atoms with Crippen LogP contribution in [-0.4, -0.2) is 95.1 Å². The number of carbonyl (C=O) groups excluding carboxylic acids is 4. The van der Waals surface area contributed by atoms with Gasteiger partial charge in [0.1, 0.15) is 17.7 Å². The number of amides is 3. The van der Waals surface area contributed by atoms with Crippen LogP contribution >= 0.6 is 15.9 Å². The Balaban J connectivity index is 1.50. The number of nitrogens with one attached hydrogen (secondary N) is 1. The summed E-state index contributed by atoms with van der Waals surface area (Å²) in [6.07, 6.45) is 3.16. The summed E-state index contributed by atoms with van der Waals surface area (Å²) in [5, 5.41) is 13.4. The third-order valence-electron chi connectivity index (χ3n) is 10.7. The maximum absolute atomic E-state index is 15.0. The van der Waals surface area contributed by atoms with Gasteiger partial charge in [-0.05, 0) is 62.9 Å². The Labute approximate surface area is 315 Å². The molecule has 2 aromatic rings. The van der Waals surface area contributed by atoms with E-state index in [0.29, 0.717) is 30.5 Å². The van der Waals surface area contributed by atoms with E-state index in [4.69, 9.17) is 9.47 Å². The molecule has 1 unspecified atom stereocenters. The first kappa shape index (κ1) is 39.2. The fourth-order valence-corrected chi connectivity index (χ4v) is 9.04. The van der Waals surface area contributed by atoms with Crippen LogP contribution in [0.4, 0.5) is 11.4 Å². The molecule has 11 nitrogen and oxygen atoms in total. The number of anilines is 2. The molecule has 280 valence electrons. The number of nitrogens with zero attached hydrogens (tertiary/aromatic N) is 3. The summed E-state index contributed by atoms with van der Waals surface area (Å²) in [6, 6.07) is 15.0. The van der Waals surface area contributed by atoms with E-state index in [1.807, 2.05) is 61.5 Å². The van der Waals surface area contributed by atoms with Crippen LogP contribution in [0.3, 0.4) is 0 Å². The Morgan fingerprint density at radius 3 is 2.35 bits per heavy atom. The van der Waals surface area contributed by atoms with E-state index in [1.165, 1.54) is 4.90 Å². The van der Waals surface area contributed by atoms with Gasteiger partial charge in [-0.15, -0.1) is 13.2 Å². The summed E-state index contributed by atoms with van der Waals surface area (Å²) in [6.45, 7) is 15.1. The normalized spacial score (nSPS) is 25.6. The van der Waals surface area contributed by atoms with Crippen LogP contribution in [0.5, 0.6) is 0 Å². The second-order valence-electron chi connectivity index (χ2n) is 13.5. The zero-order valence-corrected chi connectivity index (χ0v) is 31.9. The van der Waals surface area contributed by atoms with Crippen molar-refractivity contribution in [1.29, 1.82) is 0 Å². The zero-order chi connectivity index (χ0) is 37.6. The van der Waals surface area contributed by atoms with Crippen molar-refractivity contribution in [3.63, 3.8) is 0 Å². The van der Waals surface area contributed by atoms with Gasteiger partial charge in [-0.1, -0.05) is 65.3 Å². The van der Waals surface area contributed by atoms with Crippen molar-refractivity contribution in [2.24, 2.45) is 11.8 Å². The molecule has 3 heterocycles. The van der Waals surface area contributed by atoms with E-state index >= 15 is 0 Å². The highest BCUT2D eigenvalue weighted by atomic mass is 79.9. The fraction of sp³-hybridized carbons (Fsp3) is 0.500. The number of hydrogen-bond acceptors (Lipinski definition) is 8. The molecular formula is C40H51BrN4O7. The standard InChI is InChI=1S/C40H51BrN4O7/c1-6-11-17-32(47)42-24-31(26-15-13-12-14-16-26)51-39(50)33-34-37(48)45(27(8-3)25-46)36(40(34)23-30(41)35(33)52-40)38(49)44(22-7-2)29-20-18-28(19-21-29)43(9-4)10-5/h6-7,12-16,18-21,27,30-31,33-36,46H,1-2,8-11,17,22-25H2,3-5H3,(H,42,47)/t27-,30?,31-,33+,34-,35+,36+,40-/m0/s1. The minimum atomic E-state index is -1.36. The highest BCUT2D eigenvalue weighted by Gasteiger charge is 2.77. The molecule has 3 fully saturated rings. The molecule has 12 heteroatoms. The van der Waals surface area contributed by atoms with Crippen molar-refractivity contribution in [2.75, 3.05) is 42.6 Å². The minimum absolute atomic E-state index is 0.0324. The number of likely N-dealkylation sites (tertiary alicyclic amines) is 1. The molecule has 2 aromatic carbocycles. The molecule has 3 saturated heterocycles. The molecule has 3 aliphatic rings. The Kier molecular flexibility index (Phi) is 13.0. The number of hydrogen-bond donors (Lipinski definition) is 2. The predicted octanol–water partition coefficient (Wildman–Crippen LogP) is 4.94. The monoisotopic (exact) mass is 778 g/mol. The van der Waals surface area contributed by atoms with Gasteiger partial charge in [0, 0.05) is 42.3 Å². The number of allylic oxidation sites excluding steroid dienone is 1. The van der Waals surface area contributed by atoms with Gasteiger partial charge in [0.2, 0.25) is 11.8 Å². The first-order chi connectivity index (χ1) is 25.1. The lowest BCUT2D eigenvalue weighted by molar-refractivity contribution is -0.160. The summed E-state index contributed by atoms with van der Waals surface area (Å²) in [5.41, 5.74) is 0.972. The van der Waals surface area contributed by atoms with Gasteiger partial charge in [-0.2, -0.15) is 0 Å². The number of halogens is 1. The van der Waals surface area contributed by atoms with Crippen molar-refractivity contribution in [1.82, 2.24) is 10.2 Å². The van der Waals surface area contributed by atoms with Crippen molar-refractivity contribution >= 4 is 51.0 Å². The minimum Gasteiger partial charge on any atom is -0.455 e. The van der Waals surface area contributed by atoms with Crippen molar-refractivity contribution in [3.8, 4) is 0 Å². The van der Waals surface area contributed by atoms with Gasteiger partial charge < -0.3 is 34.6 Å². The van der Waals surface area contributed by atoms with Gasteiger partial charge in [0.25, 0.3) is 5.91 Å². The lowest BCUT2D eigenvalue weighted by Gasteiger charge is -2.39. The summed E-state index contributed by atoms with van der Waals surface area (Å²) in [5.74, 6) is -3.72. The summed E-state index contributed by atoms with van der Waals surface area (Å²) in [4.78, 5) is 61.5. The number of rotatable bonds is 18. The number of benzene rings is 2. The smallest absolute Gasteiger partial charge is 0.313 e. The van der Waals surface area contributed by atoms with Crippen LogP contribution in [0.1, 0.15) is 58.1 Å². The molecular weight excluding hydrogens is 728 g/mol. The van der Waals surface area contributed by atoms with Crippen LogP contribution in [0.15, 0.2) is 79.9 Å². The lowest BCUT2D eigenvalue weighted by Crippen LogP contribution is -2.59. The van der Waals surface area contributed by atoms with Crippen molar-refractivity contribution in [2.45, 2.75) is 81.2 Å². The van der Waals surface area contributed by atoms with E-state index in [9.17, 15) is 24.3 Å². The van der Waals surface area contributed by atoms with Gasteiger partial charge in [-0.25, -0.2) is 0 Å². The lowest BCUT2D eigenvalue weighted by atomic mass is 9.70. The molecule has 2 bridgehead atoms. The first-order valence-electron chi connectivity index (χ1n) is 18.3. The second-order valence-corrected chi connectivity index (χ2v) is 14.7. The highest BCUT2D eigenvalue weighted by Crippen LogP contribution is 2.61. The molecule has 0 aliphatic carbocycles. The third kappa shape index (κ3) is 7.43. The number of ether oxygens (including phenoxy) is 2. The average molecular weight is 780 g/mol. The van der Waals surface area contributed by atoms with Crippen LogP contribution in [0.2, 0.25) is 0 Å². The number of carbonyl (C=O) groups is 4. The van der Waals surface area contributed by atoms with E-state index in [-0.39, 0.29) is 42.8 Å². The van der Waals surface area contributed by atoms with Gasteiger partial charge in [0.05, 0.1) is 37.1 Å². The Bertz CT molecular complexity index is 1600. The third-order valence-corrected chi connectivity index (χ3v) is 11.5. The molecule has 0 radical (unpaired) electrons. The molecule has 2 N–H and O–H groups in total. The summed E-state index contributed by atoms with van der Waals surface area (Å²) >= 11 is 3.73. The van der Waals surface area contributed by atoms with Gasteiger partial charge >= 0.3 is 5.97 Å².